The minimum atomic E-state index is -0.738. The molecule has 18 heavy (non-hydrogen) atoms. The Morgan fingerprint density at radius 2 is 2.06 bits per heavy atom. The number of rotatable bonds is 1. The molecule has 4 heteroatoms. The summed E-state index contributed by atoms with van der Waals surface area (Å²) in [6.45, 7) is 2.52. The molecule has 0 spiro atoms. The van der Waals surface area contributed by atoms with Gasteiger partial charge in [0.2, 0.25) is 0 Å². The van der Waals surface area contributed by atoms with Gasteiger partial charge in [-0.2, -0.15) is 0 Å². The van der Waals surface area contributed by atoms with Crippen LogP contribution in [0.3, 0.4) is 0 Å². The first-order chi connectivity index (χ1) is 8.57. The van der Waals surface area contributed by atoms with Crippen LogP contribution in [-0.2, 0) is 0 Å². The third-order valence-corrected chi connectivity index (χ3v) is 3.23. The molecule has 1 aromatic heterocycles. The van der Waals surface area contributed by atoms with E-state index in [1.165, 1.54) is 0 Å². The highest BCUT2D eigenvalue weighted by Crippen LogP contribution is 2.24. The number of amides is 1. The molecule has 1 aliphatic heterocycles. The standard InChI is InChI=1S/C14H14N2O2/c1-14(18)8-16(9-14)13(17)11-6-7-15-12-5-3-2-4-10(11)12/h2-7,18H,8-9H2,1H3. The van der Waals surface area contributed by atoms with E-state index in [-0.39, 0.29) is 5.91 Å². The minimum Gasteiger partial charge on any atom is -0.386 e. The van der Waals surface area contributed by atoms with Crippen LogP contribution >= 0.6 is 0 Å². The first kappa shape index (κ1) is 11.2. The van der Waals surface area contributed by atoms with Gasteiger partial charge in [-0.05, 0) is 19.1 Å². The molecule has 4 nitrogen and oxygen atoms in total. The molecule has 0 bridgehead atoms. The van der Waals surface area contributed by atoms with E-state index in [0.29, 0.717) is 18.7 Å². The molecule has 3 rings (SSSR count). The smallest absolute Gasteiger partial charge is 0.254 e. The van der Waals surface area contributed by atoms with Crippen LogP contribution in [0.5, 0.6) is 0 Å². The molecule has 0 atom stereocenters. The monoisotopic (exact) mass is 242 g/mol. The van der Waals surface area contributed by atoms with Gasteiger partial charge in [-0.3, -0.25) is 9.78 Å². The molecule has 2 aromatic rings. The Kier molecular flexibility index (Phi) is 2.35. The SMILES string of the molecule is CC1(O)CN(C(=O)c2ccnc3ccccc23)C1. The van der Waals surface area contributed by atoms with E-state index in [9.17, 15) is 9.90 Å². The van der Waals surface area contributed by atoms with E-state index in [1.54, 1.807) is 24.1 Å². The number of carbonyl (C=O) groups excluding carboxylic acids is 1. The summed E-state index contributed by atoms with van der Waals surface area (Å²) in [7, 11) is 0. The number of hydrogen-bond acceptors (Lipinski definition) is 3. The quantitative estimate of drug-likeness (QED) is 0.823. The summed E-state index contributed by atoms with van der Waals surface area (Å²) in [5, 5.41) is 10.5. The second kappa shape index (κ2) is 3.78. The number of fused-ring (bicyclic) bond motifs is 1. The van der Waals surface area contributed by atoms with Gasteiger partial charge in [-0.15, -0.1) is 0 Å². The van der Waals surface area contributed by atoms with E-state index in [4.69, 9.17) is 0 Å². The Bertz CT molecular complexity index is 609. The number of likely N-dealkylation sites (tertiary alicyclic amines) is 1. The molecule has 0 aliphatic carbocycles. The fourth-order valence-electron chi connectivity index (χ4n) is 2.37. The largest absolute Gasteiger partial charge is 0.386 e. The number of carbonyl (C=O) groups is 1. The molecular formula is C14H14N2O2. The average molecular weight is 242 g/mol. The number of pyridine rings is 1. The summed E-state index contributed by atoms with van der Waals surface area (Å²) >= 11 is 0. The summed E-state index contributed by atoms with van der Waals surface area (Å²) in [5.74, 6) is -0.0416. The zero-order valence-corrected chi connectivity index (χ0v) is 10.1. The second-order valence-electron chi connectivity index (χ2n) is 5.03. The van der Waals surface area contributed by atoms with E-state index >= 15 is 0 Å². The molecule has 1 aliphatic rings. The van der Waals surface area contributed by atoms with E-state index in [0.717, 1.165) is 10.9 Å². The molecule has 1 saturated heterocycles. The lowest BCUT2D eigenvalue weighted by atomic mass is 9.95. The number of aliphatic hydroxyl groups is 1. The van der Waals surface area contributed by atoms with Gasteiger partial charge in [-0.25, -0.2) is 0 Å². The highest BCUT2D eigenvalue weighted by molar-refractivity contribution is 6.06. The summed E-state index contributed by atoms with van der Waals surface area (Å²) in [6, 6.07) is 9.31. The van der Waals surface area contributed by atoms with Crippen molar-refractivity contribution in [2.24, 2.45) is 0 Å². The van der Waals surface area contributed by atoms with Crippen LogP contribution in [0.2, 0.25) is 0 Å². The van der Waals surface area contributed by atoms with Crippen molar-refractivity contribution in [3.05, 3.63) is 42.1 Å². The lowest BCUT2D eigenvalue weighted by molar-refractivity contribution is -0.0668. The highest BCUT2D eigenvalue weighted by atomic mass is 16.3. The van der Waals surface area contributed by atoms with Crippen LogP contribution in [0.4, 0.5) is 0 Å². The van der Waals surface area contributed by atoms with Crippen molar-refractivity contribution in [2.45, 2.75) is 12.5 Å². The van der Waals surface area contributed by atoms with Gasteiger partial charge in [-0.1, -0.05) is 18.2 Å². The minimum absolute atomic E-state index is 0.0416. The van der Waals surface area contributed by atoms with Crippen molar-refractivity contribution in [1.29, 1.82) is 0 Å². The van der Waals surface area contributed by atoms with Crippen molar-refractivity contribution in [1.82, 2.24) is 9.88 Å². The summed E-state index contributed by atoms with van der Waals surface area (Å²) in [4.78, 5) is 18.2. The zero-order valence-electron chi connectivity index (χ0n) is 10.1. The number of nitrogens with zero attached hydrogens (tertiary/aromatic N) is 2. The number of benzene rings is 1. The maximum atomic E-state index is 12.3. The molecule has 0 radical (unpaired) electrons. The fourth-order valence-corrected chi connectivity index (χ4v) is 2.37. The van der Waals surface area contributed by atoms with Crippen LogP contribution in [0.1, 0.15) is 17.3 Å². The summed E-state index contributed by atoms with van der Waals surface area (Å²) < 4.78 is 0. The van der Waals surface area contributed by atoms with Crippen molar-refractivity contribution in [3.8, 4) is 0 Å². The van der Waals surface area contributed by atoms with Crippen molar-refractivity contribution in [3.63, 3.8) is 0 Å². The predicted octanol–water partition coefficient (Wildman–Crippen LogP) is 1.44. The Morgan fingerprint density at radius 3 is 2.78 bits per heavy atom. The van der Waals surface area contributed by atoms with Crippen LogP contribution in [0, 0.1) is 0 Å². The predicted molar refractivity (Wildman–Crippen MR) is 68.3 cm³/mol. The van der Waals surface area contributed by atoms with Gasteiger partial charge < -0.3 is 10.0 Å². The molecule has 1 N–H and O–H groups in total. The third-order valence-electron chi connectivity index (χ3n) is 3.23. The number of hydrogen-bond donors (Lipinski definition) is 1. The molecule has 2 heterocycles. The number of aromatic nitrogens is 1. The topological polar surface area (TPSA) is 53.4 Å². The maximum absolute atomic E-state index is 12.3. The molecule has 1 aromatic carbocycles. The normalized spacial score (nSPS) is 17.6. The Labute approximate surface area is 105 Å². The van der Waals surface area contributed by atoms with Crippen LogP contribution < -0.4 is 0 Å². The average Bonchev–Trinajstić information content (AvgIpc) is 2.34. The third kappa shape index (κ3) is 1.75. The van der Waals surface area contributed by atoms with Gasteiger partial charge in [0.25, 0.3) is 5.91 Å². The second-order valence-corrected chi connectivity index (χ2v) is 5.03. The molecular weight excluding hydrogens is 228 g/mol. The van der Waals surface area contributed by atoms with Gasteiger partial charge in [0, 0.05) is 11.6 Å². The highest BCUT2D eigenvalue weighted by Gasteiger charge is 2.39. The molecule has 92 valence electrons. The van der Waals surface area contributed by atoms with Gasteiger partial charge in [0.1, 0.15) is 0 Å². The zero-order chi connectivity index (χ0) is 12.8. The fraction of sp³-hybridized carbons (Fsp3) is 0.286. The van der Waals surface area contributed by atoms with E-state index in [2.05, 4.69) is 4.98 Å². The van der Waals surface area contributed by atoms with E-state index in [1.807, 2.05) is 24.3 Å². The van der Waals surface area contributed by atoms with Crippen molar-refractivity contribution in [2.75, 3.05) is 13.1 Å². The van der Waals surface area contributed by atoms with Crippen LogP contribution in [0.25, 0.3) is 10.9 Å². The van der Waals surface area contributed by atoms with Gasteiger partial charge >= 0.3 is 0 Å². The molecule has 1 amide bonds. The number of para-hydroxylation sites is 1. The number of β-amino-alcohol motifs (C(OH)–C–C–N with tert-alkyl or cyclic N) is 1. The molecule has 0 unspecified atom stereocenters. The Balaban J connectivity index is 1.98. The maximum Gasteiger partial charge on any atom is 0.254 e. The van der Waals surface area contributed by atoms with Crippen molar-refractivity contribution < 1.29 is 9.90 Å². The first-order valence-electron chi connectivity index (χ1n) is 5.92. The lowest BCUT2D eigenvalue weighted by Gasteiger charge is -2.44. The summed E-state index contributed by atoms with van der Waals surface area (Å²) in [6.07, 6.45) is 1.65. The van der Waals surface area contributed by atoms with Gasteiger partial charge in [0.15, 0.2) is 0 Å². The Morgan fingerprint density at radius 1 is 1.33 bits per heavy atom. The summed E-state index contributed by atoms with van der Waals surface area (Å²) in [5.41, 5.74) is 0.727. The molecule has 1 fully saturated rings. The van der Waals surface area contributed by atoms with Crippen LogP contribution in [-0.4, -0.2) is 39.6 Å². The van der Waals surface area contributed by atoms with Crippen LogP contribution in [0.15, 0.2) is 36.5 Å². The Hall–Kier alpha value is -1.94. The van der Waals surface area contributed by atoms with Crippen molar-refractivity contribution >= 4 is 16.8 Å². The van der Waals surface area contributed by atoms with Gasteiger partial charge in [0.05, 0.1) is 29.8 Å². The molecule has 0 saturated carbocycles. The lowest BCUT2D eigenvalue weighted by Crippen LogP contribution is -2.61. The first-order valence-corrected chi connectivity index (χ1v) is 5.92. The van der Waals surface area contributed by atoms with E-state index < -0.39 is 5.60 Å².